The molecule has 1 aromatic rings. The smallest absolute Gasteiger partial charge is 0.348 e. The largest absolute Gasteiger partial charge is 0.419 e. The highest BCUT2D eigenvalue weighted by molar-refractivity contribution is 6.18. The van der Waals surface area contributed by atoms with Crippen LogP contribution in [0.4, 0.5) is 4.39 Å². The Morgan fingerprint density at radius 3 is 2.50 bits per heavy atom. The number of hydrogen-bond acceptors (Lipinski definition) is 5. The van der Waals surface area contributed by atoms with Gasteiger partial charge in [-0.15, -0.1) is 0 Å². The van der Waals surface area contributed by atoms with Crippen molar-refractivity contribution in [2.24, 2.45) is 0 Å². The molecule has 1 fully saturated rings. The Balaban J connectivity index is 2.24. The van der Waals surface area contributed by atoms with Crippen LogP contribution in [0.5, 0.6) is 0 Å². The van der Waals surface area contributed by atoms with Crippen LogP contribution in [0, 0.1) is 5.82 Å². The van der Waals surface area contributed by atoms with E-state index >= 15 is 0 Å². The van der Waals surface area contributed by atoms with Gasteiger partial charge < -0.3 is 14.2 Å². The lowest BCUT2D eigenvalue weighted by Gasteiger charge is -2.29. The fraction of sp³-hybridized carbons (Fsp3) is 0.444. The van der Waals surface area contributed by atoms with Crippen LogP contribution in [0.25, 0.3) is 6.08 Å². The Hall–Kier alpha value is -2.21. The number of cyclic esters (lactones) is 2. The zero-order valence-corrected chi connectivity index (χ0v) is 14.1. The van der Waals surface area contributed by atoms with Crippen LogP contribution in [-0.4, -0.2) is 24.3 Å². The third-order valence-corrected chi connectivity index (χ3v) is 3.42. The summed E-state index contributed by atoms with van der Waals surface area (Å²) in [4.78, 5) is 24.0. The molecular formula is C18H21FO5. The van der Waals surface area contributed by atoms with Gasteiger partial charge in [0.25, 0.3) is 5.79 Å². The zero-order chi connectivity index (χ0) is 17.7. The van der Waals surface area contributed by atoms with Crippen molar-refractivity contribution < 1.29 is 28.2 Å². The zero-order valence-electron chi connectivity index (χ0n) is 14.1. The van der Waals surface area contributed by atoms with Gasteiger partial charge in [0.1, 0.15) is 11.4 Å². The van der Waals surface area contributed by atoms with E-state index in [1.165, 1.54) is 38.1 Å². The topological polar surface area (TPSA) is 61.8 Å². The van der Waals surface area contributed by atoms with Crippen LogP contribution in [0.3, 0.4) is 0 Å². The molecule has 0 spiro atoms. The van der Waals surface area contributed by atoms with E-state index in [1.807, 2.05) is 6.92 Å². The number of ether oxygens (including phenoxy) is 3. The minimum Gasteiger partial charge on any atom is -0.419 e. The Morgan fingerprint density at radius 2 is 1.88 bits per heavy atom. The van der Waals surface area contributed by atoms with Crippen molar-refractivity contribution in [3.05, 3.63) is 40.7 Å². The van der Waals surface area contributed by atoms with Crippen molar-refractivity contribution in [1.29, 1.82) is 0 Å². The predicted octanol–water partition coefficient (Wildman–Crippen LogP) is 3.36. The predicted molar refractivity (Wildman–Crippen MR) is 85.2 cm³/mol. The summed E-state index contributed by atoms with van der Waals surface area (Å²) in [5, 5.41) is 0. The van der Waals surface area contributed by atoms with Gasteiger partial charge in [-0.2, -0.15) is 0 Å². The number of carbonyl (C=O) groups excluding carboxylic acids is 2. The van der Waals surface area contributed by atoms with Crippen LogP contribution in [0.1, 0.15) is 44.7 Å². The first-order valence-corrected chi connectivity index (χ1v) is 7.87. The molecule has 0 unspecified atom stereocenters. The third kappa shape index (κ3) is 4.64. The average Bonchev–Trinajstić information content (AvgIpc) is 2.48. The number of halogens is 1. The lowest BCUT2D eigenvalue weighted by Crippen LogP contribution is -2.41. The summed E-state index contributed by atoms with van der Waals surface area (Å²) >= 11 is 0. The second-order valence-electron chi connectivity index (χ2n) is 5.99. The molecule has 1 saturated heterocycles. The van der Waals surface area contributed by atoms with Crippen LogP contribution < -0.4 is 0 Å². The molecule has 0 saturated carbocycles. The number of carbonyl (C=O) groups is 2. The first-order chi connectivity index (χ1) is 11.3. The second-order valence-corrected chi connectivity index (χ2v) is 5.99. The summed E-state index contributed by atoms with van der Waals surface area (Å²) in [6.07, 6.45) is 3.24. The molecule has 2 rings (SSSR count). The molecule has 24 heavy (non-hydrogen) atoms. The van der Waals surface area contributed by atoms with E-state index in [4.69, 9.17) is 14.2 Å². The fourth-order valence-electron chi connectivity index (χ4n) is 2.20. The quantitative estimate of drug-likeness (QED) is 0.345. The summed E-state index contributed by atoms with van der Waals surface area (Å²) in [5.74, 6) is -3.24. The minimum absolute atomic E-state index is 0.187. The molecule has 1 heterocycles. The molecule has 0 aliphatic carbocycles. The fourth-order valence-corrected chi connectivity index (χ4v) is 2.20. The molecule has 6 heteroatoms. The van der Waals surface area contributed by atoms with Crippen molar-refractivity contribution in [3.63, 3.8) is 0 Å². The molecule has 0 bridgehead atoms. The molecule has 0 radical (unpaired) electrons. The third-order valence-electron chi connectivity index (χ3n) is 3.42. The number of benzene rings is 1. The van der Waals surface area contributed by atoms with E-state index in [2.05, 4.69) is 0 Å². The van der Waals surface area contributed by atoms with E-state index in [0.717, 1.165) is 12.8 Å². The summed E-state index contributed by atoms with van der Waals surface area (Å²) in [5.41, 5.74) is 0.830. The average molecular weight is 336 g/mol. The van der Waals surface area contributed by atoms with E-state index in [0.29, 0.717) is 17.7 Å². The van der Waals surface area contributed by atoms with Gasteiger partial charge in [0.15, 0.2) is 0 Å². The molecule has 1 aromatic carbocycles. The van der Waals surface area contributed by atoms with Crippen LogP contribution in [0.2, 0.25) is 0 Å². The van der Waals surface area contributed by atoms with Gasteiger partial charge in [-0.3, -0.25) is 0 Å². The van der Waals surface area contributed by atoms with Gasteiger partial charge in [-0.25, -0.2) is 14.0 Å². The molecule has 1 aliphatic rings. The molecule has 0 atom stereocenters. The summed E-state index contributed by atoms with van der Waals surface area (Å²) in [6.45, 7) is 5.74. The highest BCUT2D eigenvalue weighted by atomic mass is 19.1. The maximum Gasteiger partial charge on any atom is 0.348 e. The standard InChI is InChI=1S/C18H21FO5/c1-4-5-8-22-11-13-9-14(19)7-6-12(13)10-15-16(20)23-18(2,3)24-17(15)21/h6-7,9-10H,4-5,8,11H2,1-3H3. The molecule has 0 amide bonds. The van der Waals surface area contributed by atoms with Crippen molar-refractivity contribution >= 4 is 18.0 Å². The SMILES string of the molecule is CCCCOCc1cc(F)ccc1C=C1C(=O)OC(C)(C)OC1=O. The van der Waals surface area contributed by atoms with Gasteiger partial charge in [-0.1, -0.05) is 19.4 Å². The monoisotopic (exact) mass is 336 g/mol. The van der Waals surface area contributed by atoms with E-state index in [9.17, 15) is 14.0 Å². The van der Waals surface area contributed by atoms with Gasteiger partial charge in [0.05, 0.1) is 6.61 Å². The molecule has 130 valence electrons. The molecule has 0 N–H and O–H groups in total. The Bertz CT molecular complexity index is 641. The van der Waals surface area contributed by atoms with Crippen LogP contribution in [-0.2, 0) is 30.4 Å². The molecule has 5 nitrogen and oxygen atoms in total. The minimum atomic E-state index is -1.29. The van der Waals surface area contributed by atoms with E-state index in [1.54, 1.807) is 0 Å². The Kier molecular flexibility index (Phi) is 5.72. The molecular weight excluding hydrogens is 315 g/mol. The summed E-state index contributed by atoms with van der Waals surface area (Å²) in [6, 6.07) is 4.06. The van der Waals surface area contributed by atoms with E-state index < -0.39 is 23.5 Å². The molecule has 1 aliphatic heterocycles. The normalized spacial score (nSPS) is 16.6. The number of unbranched alkanes of at least 4 members (excludes halogenated alkanes) is 1. The Morgan fingerprint density at radius 1 is 1.21 bits per heavy atom. The van der Waals surface area contributed by atoms with Gasteiger partial charge >= 0.3 is 11.9 Å². The highest BCUT2D eigenvalue weighted by Gasteiger charge is 2.38. The van der Waals surface area contributed by atoms with Crippen molar-refractivity contribution in [3.8, 4) is 0 Å². The van der Waals surface area contributed by atoms with Gasteiger partial charge in [-0.05, 0) is 35.8 Å². The van der Waals surface area contributed by atoms with Crippen molar-refractivity contribution in [2.45, 2.75) is 46.0 Å². The lowest BCUT2D eigenvalue weighted by molar-refractivity contribution is -0.222. The second kappa shape index (κ2) is 7.57. The number of esters is 2. The molecule has 0 aromatic heterocycles. The first kappa shape index (κ1) is 18.1. The maximum absolute atomic E-state index is 13.5. The van der Waals surface area contributed by atoms with Crippen LogP contribution in [0.15, 0.2) is 23.8 Å². The summed E-state index contributed by atoms with van der Waals surface area (Å²) in [7, 11) is 0. The number of hydrogen-bond donors (Lipinski definition) is 0. The van der Waals surface area contributed by atoms with E-state index in [-0.39, 0.29) is 12.2 Å². The number of rotatable bonds is 6. The van der Waals surface area contributed by atoms with Gasteiger partial charge in [0, 0.05) is 20.5 Å². The highest BCUT2D eigenvalue weighted by Crippen LogP contribution is 2.25. The van der Waals surface area contributed by atoms with Crippen molar-refractivity contribution in [2.75, 3.05) is 6.61 Å². The maximum atomic E-state index is 13.5. The van der Waals surface area contributed by atoms with Crippen molar-refractivity contribution in [1.82, 2.24) is 0 Å². The first-order valence-electron chi connectivity index (χ1n) is 7.87. The lowest BCUT2D eigenvalue weighted by atomic mass is 10.0. The Labute approximate surface area is 140 Å². The van der Waals surface area contributed by atoms with Gasteiger partial charge in [0.2, 0.25) is 0 Å². The van der Waals surface area contributed by atoms with Crippen LogP contribution >= 0.6 is 0 Å². The summed E-state index contributed by atoms with van der Waals surface area (Å²) < 4.78 is 29.1.